The first-order valence-corrected chi connectivity index (χ1v) is 7.08. The Hall–Kier alpha value is -0.410. The van der Waals surface area contributed by atoms with Gasteiger partial charge in [0.2, 0.25) is 0 Å². The maximum atomic E-state index is 11.4. The summed E-state index contributed by atoms with van der Waals surface area (Å²) < 4.78 is 5.43. The molecular weight excluding hydrogens is 214 g/mol. The van der Waals surface area contributed by atoms with Crippen molar-refractivity contribution < 1.29 is 9.53 Å². The summed E-state index contributed by atoms with van der Waals surface area (Å²) in [7, 11) is 0. The Bertz CT molecular complexity index is 247. The first-order chi connectivity index (χ1) is 8.29. The summed E-state index contributed by atoms with van der Waals surface area (Å²) >= 11 is 0. The Balaban J connectivity index is 1.96. The zero-order valence-electron chi connectivity index (χ0n) is 11.0. The van der Waals surface area contributed by atoms with E-state index in [0.717, 1.165) is 25.9 Å². The van der Waals surface area contributed by atoms with Crippen molar-refractivity contribution in [1.29, 1.82) is 0 Å². The Morgan fingerprint density at radius 3 is 3.00 bits per heavy atom. The van der Waals surface area contributed by atoms with E-state index < -0.39 is 0 Å². The van der Waals surface area contributed by atoms with E-state index in [1.54, 1.807) is 0 Å². The van der Waals surface area contributed by atoms with Crippen LogP contribution < -0.4 is 0 Å². The van der Waals surface area contributed by atoms with Gasteiger partial charge in [-0.25, -0.2) is 0 Å². The zero-order chi connectivity index (χ0) is 12.1. The van der Waals surface area contributed by atoms with Crippen LogP contribution in [0.15, 0.2) is 0 Å². The van der Waals surface area contributed by atoms with E-state index in [0.29, 0.717) is 12.6 Å². The van der Waals surface area contributed by atoms with Crippen LogP contribution >= 0.6 is 0 Å². The molecule has 2 aliphatic heterocycles. The van der Waals surface area contributed by atoms with Gasteiger partial charge in [-0.05, 0) is 32.2 Å². The normalized spacial score (nSPS) is 35.0. The van der Waals surface area contributed by atoms with Crippen LogP contribution in [-0.4, -0.2) is 43.5 Å². The summed E-state index contributed by atoms with van der Waals surface area (Å²) in [5.41, 5.74) is -0.205. The van der Waals surface area contributed by atoms with Gasteiger partial charge in [-0.3, -0.25) is 4.90 Å². The predicted molar refractivity (Wildman–Crippen MR) is 68.1 cm³/mol. The van der Waals surface area contributed by atoms with E-state index in [9.17, 15) is 4.79 Å². The molecule has 0 radical (unpaired) electrons. The maximum absolute atomic E-state index is 11.4. The molecule has 2 rings (SSSR count). The Morgan fingerprint density at radius 2 is 2.35 bits per heavy atom. The summed E-state index contributed by atoms with van der Waals surface area (Å²) in [6, 6.07) is 0.700. The Morgan fingerprint density at radius 1 is 1.47 bits per heavy atom. The Labute approximate surface area is 105 Å². The molecule has 0 aromatic heterocycles. The van der Waals surface area contributed by atoms with Gasteiger partial charge in [0, 0.05) is 19.2 Å². The summed E-state index contributed by atoms with van der Waals surface area (Å²) in [6.07, 6.45) is 8.52. The lowest BCUT2D eigenvalue weighted by atomic mass is 9.86. The molecule has 0 saturated carbocycles. The molecule has 98 valence electrons. The molecule has 3 heteroatoms. The minimum Gasteiger partial charge on any atom is -0.380 e. The topological polar surface area (TPSA) is 29.5 Å². The molecule has 0 spiro atoms. The molecule has 2 heterocycles. The van der Waals surface area contributed by atoms with Crippen molar-refractivity contribution in [2.45, 2.75) is 51.5 Å². The highest BCUT2D eigenvalue weighted by molar-refractivity contribution is 5.60. The smallest absolute Gasteiger partial charge is 0.129 e. The van der Waals surface area contributed by atoms with E-state index in [1.165, 1.54) is 38.6 Å². The van der Waals surface area contributed by atoms with Crippen LogP contribution in [0.5, 0.6) is 0 Å². The van der Waals surface area contributed by atoms with Crippen LogP contribution in [0.2, 0.25) is 0 Å². The fourth-order valence-corrected chi connectivity index (χ4v) is 3.21. The third-order valence-corrected chi connectivity index (χ3v) is 4.27. The van der Waals surface area contributed by atoms with Gasteiger partial charge in [-0.15, -0.1) is 0 Å². The van der Waals surface area contributed by atoms with Gasteiger partial charge in [0.25, 0.3) is 0 Å². The van der Waals surface area contributed by atoms with Gasteiger partial charge >= 0.3 is 0 Å². The maximum Gasteiger partial charge on any atom is 0.129 e. The highest BCUT2D eigenvalue weighted by Gasteiger charge is 2.38. The molecule has 0 amide bonds. The fraction of sp³-hybridized carbons (Fsp3) is 0.929. The monoisotopic (exact) mass is 239 g/mol. The number of carbonyl (C=O) groups is 1. The van der Waals surface area contributed by atoms with Crippen LogP contribution in [0.25, 0.3) is 0 Å². The van der Waals surface area contributed by atoms with E-state index in [2.05, 4.69) is 11.8 Å². The average Bonchev–Trinajstić information content (AvgIpc) is 2.81. The molecule has 0 bridgehead atoms. The standard InChI is InChI=1S/C14H25NO2/c1-2-5-13-6-3-4-8-15(13)10-14(11-16)7-9-17-12-14/h11,13H,2-10,12H2,1H3. The molecular formula is C14H25NO2. The quantitative estimate of drug-likeness (QED) is 0.689. The largest absolute Gasteiger partial charge is 0.380 e. The van der Waals surface area contributed by atoms with Crippen LogP contribution in [0.1, 0.15) is 45.4 Å². The lowest BCUT2D eigenvalue weighted by molar-refractivity contribution is -0.118. The second kappa shape index (κ2) is 5.96. The molecule has 0 N–H and O–H groups in total. The van der Waals surface area contributed by atoms with Crippen LogP contribution in [0, 0.1) is 5.41 Å². The molecule has 2 unspecified atom stereocenters. The molecule has 2 aliphatic rings. The van der Waals surface area contributed by atoms with Gasteiger partial charge in [0.05, 0.1) is 12.0 Å². The number of nitrogens with zero attached hydrogens (tertiary/aromatic N) is 1. The van der Waals surface area contributed by atoms with Gasteiger partial charge in [-0.1, -0.05) is 19.8 Å². The van der Waals surface area contributed by atoms with Crippen molar-refractivity contribution in [1.82, 2.24) is 4.90 Å². The van der Waals surface area contributed by atoms with Crippen molar-refractivity contribution in [3.8, 4) is 0 Å². The van der Waals surface area contributed by atoms with E-state index in [-0.39, 0.29) is 5.41 Å². The lowest BCUT2D eigenvalue weighted by Gasteiger charge is -2.39. The van der Waals surface area contributed by atoms with Gasteiger partial charge < -0.3 is 9.53 Å². The van der Waals surface area contributed by atoms with E-state index in [4.69, 9.17) is 4.74 Å². The highest BCUT2D eigenvalue weighted by atomic mass is 16.5. The minimum absolute atomic E-state index is 0.205. The zero-order valence-corrected chi connectivity index (χ0v) is 11.0. The first-order valence-electron chi connectivity index (χ1n) is 7.08. The summed E-state index contributed by atoms with van der Waals surface area (Å²) in [5.74, 6) is 0. The van der Waals surface area contributed by atoms with Gasteiger partial charge in [0.1, 0.15) is 6.29 Å². The van der Waals surface area contributed by atoms with E-state index in [1.807, 2.05) is 0 Å². The van der Waals surface area contributed by atoms with Crippen molar-refractivity contribution >= 4 is 6.29 Å². The third kappa shape index (κ3) is 3.08. The summed E-state index contributed by atoms with van der Waals surface area (Å²) in [4.78, 5) is 13.9. The van der Waals surface area contributed by atoms with Gasteiger partial charge in [-0.2, -0.15) is 0 Å². The number of likely N-dealkylation sites (tertiary alicyclic amines) is 1. The molecule has 2 fully saturated rings. The SMILES string of the molecule is CCCC1CCCCN1CC1(C=O)CCOC1. The molecule has 0 aromatic rings. The number of carbonyl (C=O) groups excluding carboxylic acids is 1. The highest BCUT2D eigenvalue weighted by Crippen LogP contribution is 2.31. The van der Waals surface area contributed by atoms with Crippen LogP contribution in [0.3, 0.4) is 0 Å². The van der Waals surface area contributed by atoms with Crippen LogP contribution in [0.4, 0.5) is 0 Å². The summed E-state index contributed by atoms with van der Waals surface area (Å²) in [5, 5.41) is 0. The molecule has 0 aromatic carbocycles. The molecule has 3 nitrogen and oxygen atoms in total. The van der Waals surface area contributed by atoms with Crippen molar-refractivity contribution in [3.05, 3.63) is 0 Å². The number of hydrogen-bond donors (Lipinski definition) is 0. The number of rotatable bonds is 5. The molecule has 0 aliphatic carbocycles. The second-order valence-electron chi connectivity index (χ2n) is 5.69. The van der Waals surface area contributed by atoms with Gasteiger partial charge in [0.15, 0.2) is 0 Å². The Kier molecular flexibility index (Phi) is 4.57. The summed E-state index contributed by atoms with van der Waals surface area (Å²) in [6.45, 7) is 5.72. The van der Waals surface area contributed by atoms with E-state index >= 15 is 0 Å². The number of ether oxygens (including phenoxy) is 1. The number of piperidine rings is 1. The van der Waals surface area contributed by atoms with Crippen LogP contribution in [-0.2, 0) is 9.53 Å². The number of hydrogen-bond acceptors (Lipinski definition) is 3. The lowest BCUT2D eigenvalue weighted by Crippen LogP contribution is -2.47. The van der Waals surface area contributed by atoms with Crippen molar-refractivity contribution in [2.75, 3.05) is 26.3 Å². The fourth-order valence-electron chi connectivity index (χ4n) is 3.21. The first kappa shape index (κ1) is 13.0. The van der Waals surface area contributed by atoms with Crippen molar-refractivity contribution in [3.63, 3.8) is 0 Å². The predicted octanol–water partition coefficient (Wildman–Crippen LogP) is 2.25. The molecule has 2 atom stereocenters. The van der Waals surface area contributed by atoms with Crippen molar-refractivity contribution in [2.24, 2.45) is 5.41 Å². The third-order valence-electron chi connectivity index (χ3n) is 4.27. The number of aldehydes is 1. The minimum atomic E-state index is -0.205. The second-order valence-corrected chi connectivity index (χ2v) is 5.69. The average molecular weight is 239 g/mol. The molecule has 2 saturated heterocycles. The molecule has 17 heavy (non-hydrogen) atoms.